The lowest BCUT2D eigenvalue weighted by Crippen LogP contribution is -2.49. The number of nitrogens with zero attached hydrogens (tertiary/aromatic N) is 2. The molecule has 1 aliphatic heterocycles. The molecule has 0 spiro atoms. The van der Waals surface area contributed by atoms with Gasteiger partial charge < -0.3 is 14.4 Å². The average Bonchev–Trinajstić information content (AvgIpc) is 3.39. The van der Waals surface area contributed by atoms with Crippen molar-refractivity contribution >= 4 is 27.3 Å². The van der Waals surface area contributed by atoms with Crippen LogP contribution in [-0.4, -0.2) is 56.4 Å². The smallest absolute Gasteiger partial charge is 0.243 e. The molecule has 0 bridgehead atoms. The van der Waals surface area contributed by atoms with Crippen LogP contribution in [0.3, 0.4) is 0 Å². The summed E-state index contributed by atoms with van der Waals surface area (Å²) in [7, 11) is -2.37. The second-order valence-electron chi connectivity index (χ2n) is 9.21. The molecule has 2 heterocycles. The molecule has 37 heavy (non-hydrogen) atoms. The summed E-state index contributed by atoms with van der Waals surface area (Å²) in [6, 6.07) is 15.5. The molecule has 3 aromatic rings. The zero-order valence-electron chi connectivity index (χ0n) is 21.7. The van der Waals surface area contributed by atoms with E-state index in [4.69, 9.17) is 9.47 Å². The van der Waals surface area contributed by atoms with Crippen molar-refractivity contribution in [3.05, 3.63) is 76.0 Å². The monoisotopic (exact) mass is 542 g/mol. The number of hydrogen-bond acceptors (Lipinski definition) is 6. The van der Waals surface area contributed by atoms with Gasteiger partial charge in [-0.3, -0.25) is 4.79 Å². The average molecular weight is 543 g/mol. The first kappa shape index (κ1) is 27.2. The summed E-state index contributed by atoms with van der Waals surface area (Å²) in [5.41, 5.74) is 2.10. The third kappa shape index (κ3) is 5.84. The van der Waals surface area contributed by atoms with E-state index in [9.17, 15) is 13.2 Å². The molecule has 0 fully saturated rings. The van der Waals surface area contributed by atoms with Gasteiger partial charge in [0, 0.05) is 17.5 Å². The van der Waals surface area contributed by atoms with Gasteiger partial charge in [0.2, 0.25) is 15.9 Å². The highest BCUT2D eigenvalue weighted by Crippen LogP contribution is 2.35. The van der Waals surface area contributed by atoms with Crippen molar-refractivity contribution in [2.24, 2.45) is 0 Å². The normalized spacial score (nSPS) is 16.4. The second-order valence-corrected chi connectivity index (χ2v) is 12.1. The standard InChI is InChI=1S/C28H34N2O5S2/c1-5-21(3)30(37(32,33)23-12-10-22(34-4)11-13-23)18-28(31)29-16-14-27-24(15-17-36-27)25(29)19-35-26-9-7-6-8-20(26)2/h6-13,15,17,21,25H,5,14,16,18-19H2,1-4H3. The van der Waals surface area contributed by atoms with E-state index in [-0.39, 0.29) is 29.4 Å². The van der Waals surface area contributed by atoms with Gasteiger partial charge >= 0.3 is 0 Å². The maximum atomic E-state index is 13.8. The lowest BCUT2D eigenvalue weighted by Gasteiger charge is -2.37. The van der Waals surface area contributed by atoms with Gasteiger partial charge in [0.15, 0.2) is 0 Å². The molecular formula is C28H34N2O5S2. The Morgan fingerprint density at radius 2 is 1.89 bits per heavy atom. The third-order valence-corrected chi connectivity index (χ3v) is 9.92. The Morgan fingerprint density at radius 3 is 2.57 bits per heavy atom. The van der Waals surface area contributed by atoms with Crippen molar-refractivity contribution in [2.75, 3.05) is 26.8 Å². The number of benzene rings is 2. The molecule has 0 saturated carbocycles. The Balaban J connectivity index is 1.59. The minimum absolute atomic E-state index is 0.139. The van der Waals surface area contributed by atoms with E-state index < -0.39 is 10.0 Å². The van der Waals surface area contributed by atoms with Gasteiger partial charge in [0.25, 0.3) is 0 Å². The summed E-state index contributed by atoms with van der Waals surface area (Å²) >= 11 is 1.68. The number of fused-ring (bicyclic) bond motifs is 1. The van der Waals surface area contributed by atoms with E-state index in [2.05, 4.69) is 0 Å². The van der Waals surface area contributed by atoms with E-state index in [0.29, 0.717) is 25.3 Å². The lowest BCUT2D eigenvalue weighted by atomic mass is 10.0. The van der Waals surface area contributed by atoms with Crippen molar-refractivity contribution in [2.45, 2.75) is 50.6 Å². The van der Waals surface area contributed by atoms with Gasteiger partial charge in [0.05, 0.1) is 24.6 Å². The minimum Gasteiger partial charge on any atom is -0.497 e. The third-order valence-electron chi connectivity index (χ3n) is 6.95. The largest absolute Gasteiger partial charge is 0.497 e. The number of thiophene rings is 1. The fourth-order valence-electron chi connectivity index (χ4n) is 4.55. The van der Waals surface area contributed by atoms with Crippen molar-refractivity contribution < 1.29 is 22.7 Å². The quantitative estimate of drug-likeness (QED) is 0.358. The number of carbonyl (C=O) groups is 1. The van der Waals surface area contributed by atoms with Crippen molar-refractivity contribution in [3.63, 3.8) is 0 Å². The summed E-state index contributed by atoms with van der Waals surface area (Å²) in [6.07, 6.45) is 1.32. The Morgan fingerprint density at radius 1 is 1.16 bits per heavy atom. The van der Waals surface area contributed by atoms with Crippen LogP contribution in [0.25, 0.3) is 0 Å². The van der Waals surface area contributed by atoms with Crippen molar-refractivity contribution in [1.82, 2.24) is 9.21 Å². The van der Waals surface area contributed by atoms with E-state index in [1.165, 1.54) is 28.4 Å². The Bertz CT molecular complexity index is 1320. The molecule has 2 aromatic carbocycles. The van der Waals surface area contributed by atoms with Crippen LogP contribution in [-0.2, 0) is 21.2 Å². The second kappa shape index (κ2) is 11.7. The minimum atomic E-state index is -3.90. The number of hydrogen-bond donors (Lipinski definition) is 0. The van der Waals surface area contributed by atoms with Crippen molar-refractivity contribution in [1.29, 1.82) is 0 Å². The van der Waals surface area contributed by atoms with E-state index in [1.54, 1.807) is 28.4 Å². The maximum absolute atomic E-state index is 13.8. The number of para-hydroxylation sites is 1. The summed E-state index contributed by atoms with van der Waals surface area (Å²) in [4.78, 5) is 16.9. The van der Waals surface area contributed by atoms with E-state index in [0.717, 1.165) is 23.3 Å². The number of rotatable bonds is 10. The molecule has 9 heteroatoms. The van der Waals surface area contributed by atoms with Crippen LogP contribution in [0.2, 0.25) is 0 Å². The van der Waals surface area contributed by atoms with E-state index >= 15 is 0 Å². The van der Waals surface area contributed by atoms with Crippen LogP contribution in [0.1, 0.15) is 42.3 Å². The van der Waals surface area contributed by atoms with Crippen LogP contribution in [0.4, 0.5) is 0 Å². The molecule has 0 saturated heterocycles. The van der Waals surface area contributed by atoms with Crippen LogP contribution in [0.15, 0.2) is 64.9 Å². The van der Waals surface area contributed by atoms with Gasteiger partial charge in [-0.1, -0.05) is 25.1 Å². The highest BCUT2D eigenvalue weighted by Gasteiger charge is 2.36. The van der Waals surface area contributed by atoms with Gasteiger partial charge in [-0.2, -0.15) is 4.31 Å². The predicted molar refractivity (Wildman–Crippen MR) is 146 cm³/mol. The molecule has 0 N–H and O–H groups in total. The molecule has 4 rings (SSSR count). The highest BCUT2D eigenvalue weighted by molar-refractivity contribution is 7.89. The first-order valence-corrected chi connectivity index (χ1v) is 14.8. The molecule has 2 atom stereocenters. The van der Waals surface area contributed by atoms with Crippen molar-refractivity contribution in [3.8, 4) is 11.5 Å². The van der Waals surface area contributed by atoms with Crippen LogP contribution in [0, 0.1) is 6.92 Å². The molecule has 7 nitrogen and oxygen atoms in total. The predicted octanol–water partition coefficient (Wildman–Crippen LogP) is 5.06. The van der Waals surface area contributed by atoms with Gasteiger partial charge in [-0.25, -0.2) is 8.42 Å². The van der Waals surface area contributed by atoms with Gasteiger partial charge in [-0.05, 0) is 79.6 Å². The molecular weight excluding hydrogens is 508 g/mol. The summed E-state index contributed by atoms with van der Waals surface area (Å²) in [6.45, 7) is 6.33. The topological polar surface area (TPSA) is 76.2 Å². The Hall–Kier alpha value is -2.88. The molecule has 198 valence electrons. The Kier molecular flexibility index (Phi) is 8.56. The Labute approximate surface area is 223 Å². The molecule has 0 aliphatic carbocycles. The molecule has 1 amide bonds. The van der Waals surface area contributed by atoms with Crippen LogP contribution in [0.5, 0.6) is 11.5 Å². The molecule has 1 aliphatic rings. The molecule has 2 unspecified atom stereocenters. The molecule has 1 aromatic heterocycles. The van der Waals surface area contributed by atoms with E-state index in [1.807, 2.05) is 56.5 Å². The number of ether oxygens (including phenoxy) is 2. The maximum Gasteiger partial charge on any atom is 0.243 e. The SMILES string of the molecule is CCC(C)N(CC(=O)N1CCc2sccc2C1COc1ccccc1C)S(=O)(=O)c1ccc(OC)cc1. The zero-order chi connectivity index (χ0) is 26.6. The summed E-state index contributed by atoms with van der Waals surface area (Å²) in [5.74, 6) is 1.12. The highest BCUT2D eigenvalue weighted by atomic mass is 32.2. The summed E-state index contributed by atoms with van der Waals surface area (Å²) in [5, 5.41) is 2.04. The molecule has 0 radical (unpaired) electrons. The number of carbonyl (C=O) groups excluding carboxylic acids is 1. The lowest BCUT2D eigenvalue weighted by molar-refractivity contribution is -0.135. The fourth-order valence-corrected chi connectivity index (χ4v) is 7.13. The number of aryl methyl sites for hydroxylation is 1. The number of amides is 1. The van der Waals surface area contributed by atoms with Crippen LogP contribution < -0.4 is 9.47 Å². The first-order valence-electron chi connectivity index (χ1n) is 12.5. The number of methoxy groups -OCH3 is 1. The van der Waals surface area contributed by atoms with Crippen LogP contribution >= 0.6 is 11.3 Å². The number of sulfonamides is 1. The fraction of sp³-hybridized carbons (Fsp3) is 0.393. The van der Waals surface area contributed by atoms with Gasteiger partial charge in [0.1, 0.15) is 18.1 Å². The first-order chi connectivity index (χ1) is 17.8. The zero-order valence-corrected chi connectivity index (χ0v) is 23.3. The van der Waals surface area contributed by atoms with Gasteiger partial charge in [-0.15, -0.1) is 11.3 Å². The summed E-state index contributed by atoms with van der Waals surface area (Å²) < 4.78 is 39.9.